The van der Waals surface area contributed by atoms with E-state index >= 15 is 0 Å². The third-order valence-corrected chi connectivity index (χ3v) is 1.42. The fraction of sp³-hybridized carbons (Fsp3) is 0.714. The Labute approximate surface area is 80.8 Å². The number of aliphatic hydroxyl groups excluding tert-OH is 1. The third kappa shape index (κ3) is 4.17. The van der Waals surface area contributed by atoms with E-state index in [1.165, 1.54) is 7.05 Å². The molecule has 0 radical (unpaired) electrons. The van der Waals surface area contributed by atoms with Gasteiger partial charge in [-0.15, -0.1) is 0 Å². The first-order chi connectivity index (χ1) is 6.52. The van der Waals surface area contributed by atoms with Crippen LogP contribution < -0.4 is 11.1 Å². The average molecular weight is 206 g/mol. The molecule has 0 fully saturated rings. The van der Waals surface area contributed by atoms with Gasteiger partial charge in [-0.1, -0.05) is 0 Å². The molecule has 0 rings (SSSR count). The highest BCUT2D eigenvalue weighted by molar-refractivity contribution is 5.80. The van der Waals surface area contributed by atoms with Crippen LogP contribution in [0.25, 0.3) is 0 Å². The Kier molecular flexibility index (Phi) is 5.77. The van der Waals surface area contributed by atoms with Gasteiger partial charge in [0.15, 0.2) is 6.10 Å². The molecule has 7 nitrogen and oxygen atoms in total. The van der Waals surface area contributed by atoms with Crippen molar-refractivity contribution in [2.75, 3.05) is 20.1 Å². The summed E-state index contributed by atoms with van der Waals surface area (Å²) in [4.78, 5) is 21.4. The van der Waals surface area contributed by atoms with Gasteiger partial charge in [0.2, 0.25) is 6.10 Å². The average Bonchev–Trinajstić information content (AvgIpc) is 2.15. The molecular formula is C7H14N2O5. The minimum atomic E-state index is -1.48. The number of nitrogens with two attached hydrogens (primary N) is 1. The Hall–Kier alpha value is -1.18. The van der Waals surface area contributed by atoms with E-state index in [0.717, 1.165) is 0 Å². The van der Waals surface area contributed by atoms with Crippen molar-refractivity contribution in [2.45, 2.75) is 12.2 Å². The molecule has 0 amide bonds. The predicted molar refractivity (Wildman–Crippen MR) is 46.5 cm³/mol. The van der Waals surface area contributed by atoms with Crippen molar-refractivity contribution in [2.24, 2.45) is 5.73 Å². The third-order valence-electron chi connectivity index (χ3n) is 1.42. The van der Waals surface area contributed by atoms with Gasteiger partial charge in [-0.3, -0.25) is 0 Å². The minimum absolute atomic E-state index is 0.0294. The van der Waals surface area contributed by atoms with Gasteiger partial charge < -0.3 is 26.0 Å². The molecule has 82 valence electrons. The van der Waals surface area contributed by atoms with Crippen LogP contribution in [0.15, 0.2) is 0 Å². The summed E-state index contributed by atoms with van der Waals surface area (Å²) in [6.07, 6.45) is -2.79. The smallest absolute Gasteiger partial charge is 0.346 e. The highest BCUT2D eigenvalue weighted by atomic mass is 16.6. The van der Waals surface area contributed by atoms with Gasteiger partial charge in [0.25, 0.3) is 0 Å². The molecule has 5 N–H and O–H groups in total. The van der Waals surface area contributed by atoms with Gasteiger partial charge in [-0.25, -0.2) is 9.59 Å². The lowest BCUT2D eigenvalue weighted by molar-refractivity contribution is -0.169. The summed E-state index contributed by atoms with van der Waals surface area (Å²) in [5.41, 5.74) is 4.98. The number of aliphatic carboxylic acids is 1. The number of carboxylic acids is 1. The molecule has 0 aliphatic heterocycles. The minimum Gasteiger partial charge on any atom is -0.478 e. The van der Waals surface area contributed by atoms with E-state index in [1.807, 2.05) is 0 Å². The molecule has 7 heteroatoms. The number of esters is 1. The van der Waals surface area contributed by atoms with Crippen molar-refractivity contribution in [3.8, 4) is 0 Å². The summed E-state index contributed by atoms with van der Waals surface area (Å²) in [6, 6.07) is 0. The number of carbonyl (C=O) groups is 2. The van der Waals surface area contributed by atoms with E-state index in [9.17, 15) is 9.59 Å². The zero-order valence-corrected chi connectivity index (χ0v) is 7.77. The summed E-state index contributed by atoms with van der Waals surface area (Å²) in [5.74, 6) is -2.31. The number of carbonyl (C=O) groups excluding carboxylic acids is 1. The van der Waals surface area contributed by atoms with Crippen LogP contribution in [0, 0.1) is 0 Å². The number of hydrogen-bond acceptors (Lipinski definition) is 6. The highest BCUT2D eigenvalue weighted by Crippen LogP contribution is 1.95. The van der Waals surface area contributed by atoms with E-state index in [2.05, 4.69) is 10.1 Å². The van der Waals surface area contributed by atoms with Crippen LogP contribution in [0.3, 0.4) is 0 Å². The second-order valence-corrected chi connectivity index (χ2v) is 2.57. The molecule has 0 saturated carbocycles. The molecule has 0 bridgehead atoms. The first-order valence-electron chi connectivity index (χ1n) is 3.99. The molecule has 14 heavy (non-hydrogen) atoms. The van der Waals surface area contributed by atoms with Gasteiger partial charge in [-0.05, 0) is 7.05 Å². The van der Waals surface area contributed by atoms with Crippen molar-refractivity contribution in [3.63, 3.8) is 0 Å². The number of likely N-dealkylation sites (N-methyl/N-ethyl adjacent to an activating group) is 1. The largest absolute Gasteiger partial charge is 0.478 e. The molecule has 0 aromatic carbocycles. The Morgan fingerprint density at radius 1 is 1.57 bits per heavy atom. The van der Waals surface area contributed by atoms with Crippen LogP contribution in [0.2, 0.25) is 0 Å². The Morgan fingerprint density at radius 2 is 2.14 bits per heavy atom. The number of aliphatic hydroxyl groups is 1. The predicted octanol–water partition coefficient (Wildman–Crippen LogP) is -2.48. The Bertz CT molecular complexity index is 208. The van der Waals surface area contributed by atoms with Gasteiger partial charge >= 0.3 is 11.9 Å². The van der Waals surface area contributed by atoms with Crippen LogP contribution in [0.5, 0.6) is 0 Å². The molecule has 0 heterocycles. The van der Waals surface area contributed by atoms with E-state index in [4.69, 9.17) is 15.9 Å². The summed E-state index contributed by atoms with van der Waals surface area (Å²) in [7, 11) is 1.52. The van der Waals surface area contributed by atoms with Crippen molar-refractivity contribution in [1.29, 1.82) is 0 Å². The van der Waals surface area contributed by atoms with Crippen molar-refractivity contribution < 1.29 is 24.5 Å². The molecule has 0 aromatic rings. The lowest BCUT2D eigenvalue weighted by Crippen LogP contribution is -2.40. The fourth-order valence-electron chi connectivity index (χ4n) is 0.680. The zero-order valence-electron chi connectivity index (χ0n) is 7.77. The maximum Gasteiger partial charge on any atom is 0.346 e. The van der Waals surface area contributed by atoms with Crippen molar-refractivity contribution in [3.05, 3.63) is 0 Å². The van der Waals surface area contributed by atoms with Crippen LogP contribution in [0.1, 0.15) is 0 Å². The lowest BCUT2D eigenvalue weighted by atomic mass is 10.3. The monoisotopic (exact) mass is 206 g/mol. The van der Waals surface area contributed by atoms with E-state index in [-0.39, 0.29) is 13.1 Å². The molecule has 0 spiro atoms. The van der Waals surface area contributed by atoms with Crippen LogP contribution >= 0.6 is 0 Å². The van der Waals surface area contributed by atoms with Gasteiger partial charge in [0.1, 0.15) is 0 Å². The highest BCUT2D eigenvalue weighted by Gasteiger charge is 2.24. The number of rotatable bonds is 6. The standard InChI is InChI=1S/C7H14N2O5/c1-9-3-5(6(11)12)14-7(13)4(10)2-8/h4-5,9-10H,2-3,8H2,1H3,(H,11,12). The molecule has 2 atom stereocenters. The van der Waals surface area contributed by atoms with Gasteiger partial charge in [0, 0.05) is 13.1 Å². The number of nitrogens with one attached hydrogen (secondary N) is 1. The van der Waals surface area contributed by atoms with Crippen LogP contribution in [-0.2, 0) is 14.3 Å². The Balaban J connectivity index is 4.15. The molecule has 0 aromatic heterocycles. The summed E-state index contributed by atoms with van der Waals surface area (Å²) >= 11 is 0. The number of ether oxygens (including phenoxy) is 1. The molecule has 0 aliphatic carbocycles. The van der Waals surface area contributed by atoms with E-state index in [0.29, 0.717) is 0 Å². The second-order valence-electron chi connectivity index (χ2n) is 2.57. The summed E-state index contributed by atoms with van der Waals surface area (Å²) < 4.78 is 4.47. The molecule has 2 unspecified atom stereocenters. The fourth-order valence-corrected chi connectivity index (χ4v) is 0.680. The molecule has 0 saturated heterocycles. The quantitative estimate of drug-likeness (QED) is 0.355. The zero-order chi connectivity index (χ0) is 11.1. The summed E-state index contributed by atoms with van der Waals surface area (Å²) in [5, 5.41) is 20.0. The maximum atomic E-state index is 10.9. The van der Waals surface area contributed by atoms with E-state index in [1.54, 1.807) is 0 Å². The topological polar surface area (TPSA) is 122 Å². The van der Waals surface area contributed by atoms with Crippen LogP contribution in [0.4, 0.5) is 0 Å². The van der Waals surface area contributed by atoms with Crippen molar-refractivity contribution in [1.82, 2.24) is 5.32 Å². The summed E-state index contributed by atoms with van der Waals surface area (Å²) in [6.45, 7) is -0.330. The number of hydrogen-bond donors (Lipinski definition) is 4. The SMILES string of the molecule is CNCC(OC(=O)C(O)CN)C(=O)O. The van der Waals surface area contributed by atoms with E-state index < -0.39 is 24.1 Å². The van der Waals surface area contributed by atoms with Crippen molar-refractivity contribution >= 4 is 11.9 Å². The molecule has 0 aliphatic rings. The van der Waals surface area contributed by atoms with Gasteiger partial charge in [0.05, 0.1) is 0 Å². The van der Waals surface area contributed by atoms with Gasteiger partial charge in [-0.2, -0.15) is 0 Å². The number of carboxylic acid groups (broad SMARTS) is 1. The normalized spacial score (nSPS) is 14.5. The Morgan fingerprint density at radius 3 is 2.50 bits per heavy atom. The second kappa shape index (κ2) is 6.30. The van der Waals surface area contributed by atoms with Crippen LogP contribution in [-0.4, -0.2) is 54.5 Å². The first-order valence-corrected chi connectivity index (χ1v) is 3.99. The lowest BCUT2D eigenvalue weighted by Gasteiger charge is -2.14. The first kappa shape index (κ1) is 12.8. The maximum absolute atomic E-state index is 10.9. The molecular weight excluding hydrogens is 192 g/mol.